The van der Waals surface area contributed by atoms with Crippen molar-refractivity contribution >= 4 is 29.2 Å². The average Bonchev–Trinajstić information content (AvgIpc) is 3.40. The predicted molar refractivity (Wildman–Crippen MR) is 122 cm³/mol. The third-order valence-electron chi connectivity index (χ3n) is 5.38. The summed E-state index contributed by atoms with van der Waals surface area (Å²) in [5.74, 6) is -0.517. The van der Waals surface area contributed by atoms with E-state index < -0.39 is 5.91 Å². The van der Waals surface area contributed by atoms with Crippen LogP contribution in [0.2, 0.25) is 5.02 Å². The summed E-state index contributed by atoms with van der Waals surface area (Å²) in [6.45, 7) is 6.15. The number of carbonyl (C=O) groups is 2. The van der Waals surface area contributed by atoms with Crippen molar-refractivity contribution in [1.29, 1.82) is 0 Å². The van der Waals surface area contributed by atoms with Gasteiger partial charge in [-0.25, -0.2) is 9.97 Å². The van der Waals surface area contributed by atoms with Crippen molar-refractivity contribution in [3.8, 4) is 22.7 Å². The first kappa shape index (κ1) is 22.0. The Morgan fingerprint density at radius 2 is 1.97 bits per heavy atom. The minimum absolute atomic E-state index is 0.0717. The van der Waals surface area contributed by atoms with Crippen LogP contribution in [0.15, 0.2) is 34.9 Å². The number of aryl methyl sites for hydroxylation is 1. The van der Waals surface area contributed by atoms with Crippen molar-refractivity contribution in [2.75, 3.05) is 18.4 Å². The predicted octanol–water partition coefficient (Wildman–Crippen LogP) is 4.02. The highest BCUT2D eigenvalue weighted by atomic mass is 35.5. The number of hydrogen-bond donors (Lipinski definition) is 2. The molecule has 9 heteroatoms. The van der Waals surface area contributed by atoms with E-state index in [1.165, 1.54) is 19.8 Å². The van der Waals surface area contributed by atoms with Gasteiger partial charge in [0.25, 0.3) is 5.91 Å². The fraction of sp³-hybridized carbons (Fsp3) is 0.304. The number of nitrogens with zero attached hydrogens (tertiary/aromatic N) is 3. The summed E-state index contributed by atoms with van der Waals surface area (Å²) in [6, 6.07) is 7.34. The number of primary amides is 1. The van der Waals surface area contributed by atoms with Crippen LogP contribution in [-0.4, -0.2) is 39.8 Å². The minimum atomic E-state index is -0.742. The van der Waals surface area contributed by atoms with Crippen LogP contribution in [0.4, 0.5) is 5.82 Å². The van der Waals surface area contributed by atoms with Crippen molar-refractivity contribution in [2.45, 2.75) is 33.2 Å². The third-order valence-corrected chi connectivity index (χ3v) is 5.71. The molecule has 0 spiro atoms. The highest BCUT2D eigenvalue weighted by Gasteiger charge is 2.24. The smallest absolute Gasteiger partial charge is 0.286 e. The van der Waals surface area contributed by atoms with Gasteiger partial charge < -0.3 is 15.5 Å². The zero-order chi connectivity index (χ0) is 22.8. The highest BCUT2D eigenvalue weighted by Crippen LogP contribution is 2.35. The van der Waals surface area contributed by atoms with E-state index in [4.69, 9.17) is 21.8 Å². The number of benzene rings is 1. The number of nitrogens with two attached hydrogens (primary N) is 1. The molecule has 2 aromatic heterocycles. The molecular weight excluding hydrogens is 430 g/mol. The van der Waals surface area contributed by atoms with Gasteiger partial charge in [0.15, 0.2) is 0 Å². The first-order valence-corrected chi connectivity index (χ1v) is 10.8. The summed E-state index contributed by atoms with van der Waals surface area (Å²) < 4.78 is 5.79. The van der Waals surface area contributed by atoms with Crippen LogP contribution in [-0.2, 0) is 11.3 Å². The van der Waals surface area contributed by atoms with Crippen LogP contribution in [0.1, 0.15) is 41.4 Å². The number of oxazole rings is 1. The Balaban J connectivity index is 1.76. The molecule has 3 N–H and O–H groups in total. The first-order chi connectivity index (χ1) is 15.3. The molecule has 0 saturated carbocycles. The van der Waals surface area contributed by atoms with Gasteiger partial charge in [0.2, 0.25) is 17.6 Å². The highest BCUT2D eigenvalue weighted by molar-refractivity contribution is 6.33. The second kappa shape index (κ2) is 9.10. The van der Waals surface area contributed by atoms with E-state index in [-0.39, 0.29) is 23.3 Å². The Hall–Kier alpha value is -3.23. The molecule has 1 fully saturated rings. The maximum Gasteiger partial charge on any atom is 0.286 e. The fourth-order valence-electron chi connectivity index (χ4n) is 3.84. The SMILES string of the molecule is CC(=O)Nc1cc(-c2nc(-c3cc(CN4CCCC4)ccc3Cl)c(C(N)=O)o2)c(C)cn1. The van der Waals surface area contributed by atoms with Gasteiger partial charge in [-0.05, 0) is 62.2 Å². The minimum Gasteiger partial charge on any atom is -0.430 e. The van der Waals surface area contributed by atoms with Gasteiger partial charge in [0.05, 0.1) is 5.02 Å². The first-order valence-electron chi connectivity index (χ1n) is 10.4. The molecule has 0 aliphatic carbocycles. The van der Waals surface area contributed by atoms with Gasteiger partial charge in [0, 0.05) is 30.8 Å². The molecule has 0 radical (unpaired) electrons. The summed E-state index contributed by atoms with van der Waals surface area (Å²) in [6.07, 6.45) is 3.99. The number of anilines is 1. The number of hydrogen-bond acceptors (Lipinski definition) is 6. The quantitative estimate of drug-likeness (QED) is 0.582. The molecule has 1 aromatic carbocycles. The molecule has 1 saturated heterocycles. The van der Waals surface area contributed by atoms with E-state index in [0.717, 1.165) is 30.8 Å². The van der Waals surface area contributed by atoms with Crippen molar-refractivity contribution in [3.63, 3.8) is 0 Å². The average molecular weight is 454 g/mol. The zero-order valence-electron chi connectivity index (χ0n) is 17.9. The molecular formula is C23H24ClN5O3. The van der Waals surface area contributed by atoms with Gasteiger partial charge in [-0.2, -0.15) is 0 Å². The lowest BCUT2D eigenvalue weighted by atomic mass is 10.1. The normalized spacial score (nSPS) is 14.0. The Morgan fingerprint density at radius 1 is 1.22 bits per heavy atom. The largest absolute Gasteiger partial charge is 0.430 e. The van der Waals surface area contributed by atoms with E-state index >= 15 is 0 Å². The fourth-order valence-corrected chi connectivity index (χ4v) is 4.05. The van der Waals surface area contributed by atoms with Crippen molar-refractivity contribution in [3.05, 3.63) is 52.4 Å². The molecule has 0 atom stereocenters. The zero-order valence-corrected chi connectivity index (χ0v) is 18.7. The Bertz CT molecular complexity index is 1180. The molecule has 0 bridgehead atoms. The molecule has 1 aliphatic heterocycles. The van der Waals surface area contributed by atoms with Crippen LogP contribution in [0.25, 0.3) is 22.7 Å². The molecule has 8 nitrogen and oxygen atoms in total. The molecule has 166 valence electrons. The van der Waals surface area contributed by atoms with Gasteiger partial charge in [0.1, 0.15) is 11.5 Å². The Kier molecular flexibility index (Phi) is 6.25. The van der Waals surface area contributed by atoms with Crippen LogP contribution in [0, 0.1) is 6.92 Å². The second-order valence-electron chi connectivity index (χ2n) is 7.92. The summed E-state index contributed by atoms with van der Waals surface area (Å²) in [7, 11) is 0. The van der Waals surface area contributed by atoms with E-state index in [9.17, 15) is 9.59 Å². The van der Waals surface area contributed by atoms with Crippen LogP contribution < -0.4 is 11.1 Å². The standard InChI is InChI=1S/C23H24ClN5O3/c1-13-11-26-19(27-14(2)30)10-16(13)23-28-20(21(32-23)22(25)31)17-9-15(5-6-18(17)24)12-29-7-3-4-8-29/h5-6,9-11H,3-4,7-8,12H2,1-2H3,(H2,25,31)(H,26,27,30). The molecule has 2 amide bonds. The monoisotopic (exact) mass is 453 g/mol. The Labute approximate surface area is 190 Å². The summed E-state index contributed by atoms with van der Waals surface area (Å²) >= 11 is 6.49. The number of amides is 2. The van der Waals surface area contributed by atoms with E-state index in [0.29, 0.717) is 22.0 Å². The van der Waals surface area contributed by atoms with Gasteiger partial charge >= 0.3 is 0 Å². The number of nitrogens with one attached hydrogen (secondary N) is 1. The molecule has 32 heavy (non-hydrogen) atoms. The lowest BCUT2D eigenvalue weighted by Crippen LogP contribution is -2.18. The van der Waals surface area contributed by atoms with Gasteiger partial charge in [-0.15, -0.1) is 0 Å². The maximum absolute atomic E-state index is 12.2. The van der Waals surface area contributed by atoms with E-state index in [2.05, 4.69) is 20.2 Å². The number of carbonyl (C=O) groups excluding carboxylic acids is 2. The van der Waals surface area contributed by atoms with Crippen molar-refractivity contribution in [1.82, 2.24) is 14.9 Å². The molecule has 4 rings (SSSR count). The lowest BCUT2D eigenvalue weighted by Gasteiger charge is -2.15. The van der Waals surface area contributed by atoms with Crippen LogP contribution in [0.5, 0.6) is 0 Å². The summed E-state index contributed by atoms with van der Waals surface area (Å²) in [5, 5.41) is 3.08. The third kappa shape index (κ3) is 4.66. The summed E-state index contributed by atoms with van der Waals surface area (Å²) in [5.41, 5.74) is 8.89. The number of halogens is 1. The van der Waals surface area contributed by atoms with Crippen molar-refractivity contribution < 1.29 is 14.0 Å². The van der Waals surface area contributed by atoms with E-state index in [1.54, 1.807) is 18.3 Å². The molecule has 3 heterocycles. The van der Waals surface area contributed by atoms with Crippen molar-refractivity contribution in [2.24, 2.45) is 5.73 Å². The number of aromatic nitrogens is 2. The van der Waals surface area contributed by atoms with Crippen LogP contribution in [0.3, 0.4) is 0 Å². The number of pyridine rings is 1. The lowest BCUT2D eigenvalue weighted by molar-refractivity contribution is -0.114. The molecule has 0 unspecified atom stereocenters. The number of rotatable bonds is 6. The van der Waals surface area contributed by atoms with Gasteiger partial charge in [-0.3, -0.25) is 14.5 Å². The second-order valence-corrected chi connectivity index (χ2v) is 8.33. The van der Waals surface area contributed by atoms with Gasteiger partial charge in [-0.1, -0.05) is 17.7 Å². The Morgan fingerprint density at radius 3 is 2.66 bits per heavy atom. The molecule has 1 aliphatic rings. The van der Waals surface area contributed by atoms with Crippen LogP contribution >= 0.6 is 11.6 Å². The summed E-state index contributed by atoms with van der Waals surface area (Å²) in [4.78, 5) is 34.7. The topological polar surface area (TPSA) is 114 Å². The number of likely N-dealkylation sites (tertiary alicyclic amines) is 1. The van der Waals surface area contributed by atoms with E-state index in [1.807, 2.05) is 19.1 Å². The molecule has 3 aromatic rings. The maximum atomic E-state index is 12.2.